The molecule has 9 amide bonds. The molecule has 130 heavy (non-hydrogen) atoms. The van der Waals surface area contributed by atoms with Crippen LogP contribution in [0.15, 0.2) is 133 Å². The highest BCUT2D eigenvalue weighted by atomic mass is 35.5. The fraction of sp³-hybridized carbons (Fsp3) is 0.422. The minimum Gasteiger partial charge on any atom is -0.508 e. The van der Waals surface area contributed by atoms with E-state index in [1.807, 2.05) is 24.3 Å². The Balaban J connectivity index is 0.977. The number of carboxylic acid groups (broad SMARTS) is 1. The number of phenolic OH excluding ortho intramolecular Hbond substituents is 3. The SMILES string of the molecule is CCCCCCCCOc1ccc(CNCC(=O)N[C@@]2(C)C[C@H](OC3C(Oc4c5cc6cc4Oc4ccc(cc4Cl)[C@@H](O)[C@@H](NC(=O)[C@H](CC(C)C)NC(=O)OCc4ccccc4)C(=O)N[C@@H](CC(N)=O)C(=O)N[C@H]6C(=O)N[C@H]4C(=O)N[C@H](C(=O)N[C@H](C(=O)O)c6cc(O)cc(O)c6-c6cc4ccc6O)[C@H](O)c4ccc(c(Cl)c4)O5)O[C@H](CO)[C@@H](O)[C@@H]3O)O[C@@H](C)[C@H]2O)cc1. The number of fused-ring (bicyclic) bond motifs is 15. The second kappa shape index (κ2) is 43.0. The van der Waals surface area contributed by atoms with Crippen molar-refractivity contribution >= 4 is 82.5 Å². The van der Waals surface area contributed by atoms with Gasteiger partial charge in [-0.2, -0.15) is 0 Å². The molecule has 38 nitrogen and oxygen atoms in total. The molecule has 7 aromatic rings. The first-order valence-corrected chi connectivity index (χ1v) is 42.9. The predicted octanol–water partition coefficient (Wildman–Crippen LogP) is 5.50. The van der Waals surface area contributed by atoms with Gasteiger partial charge in [-0.15, -0.1) is 0 Å². The van der Waals surface area contributed by atoms with Gasteiger partial charge in [0.1, 0.15) is 114 Å². The summed E-state index contributed by atoms with van der Waals surface area (Å²) in [6, 6.07) is 13.7. The molecule has 696 valence electrons. The lowest BCUT2D eigenvalue weighted by Gasteiger charge is -2.48. The number of aliphatic hydroxyl groups excluding tert-OH is 6. The van der Waals surface area contributed by atoms with E-state index in [1.54, 1.807) is 44.2 Å². The molecule has 11 bridgehead atoms. The first-order valence-electron chi connectivity index (χ1n) is 42.2. The number of benzene rings is 7. The number of aliphatic carboxylic acids is 1. The molecule has 14 rings (SSSR count). The zero-order valence-corrected chi connectivity index (χ0v) is 72.7. The largest absolute Gasteiger partial charge is 0.508 e. The van der Waals surface area contributed by atoms with Gasteiger partial charge in [-0.3, -0.25) is 38.4 Å². The third-order valence-corrected chi connectivity index (χ3v) is 23.2. The zero-order valence-electron chi connectivity index (χ0n) is 71.1. The Morgan fingerprint density at radius 3 is 1.95 bits per heavy atom. The molecule has 2 saturated heterocycles. The lowest BCUT2D eigenvalue weighted by Crippen LogP contribution is -2.66. The number of halogens is 2. The summed E-state index contributed by atoms with van der Waals surface area (Å²) in [5.74, 6) is -17.3. The van der Waals surface area contributed by atoms with Crippen molar-refractivity contribution in [1.82, 2.24) is 47.9 Å². The van der Waals surface area contributed by atoms with Crippen molar-refractivity contribution in [2.75, 3.05) is 19.8 Å². The van der Waals surface area contributed by atoms with E-state index < -0.39 is 272 Å². The third-order valence-electron chi connectivity index (χ3n) is 22.6. The molecular weight excluding hydrogens is 1740 g/mol. The van der Waals surface area contributed by atoms with Crippen molar-refractivity contribution in [1.29, 1.82) is 0 Å². The van der Waals surface area contributed by atoms with Gasteiger partial charge in [0.2, 0.25) is 59.3 Å². The Hall–Kier alpha value is -12.2. The molecule has 7 aliphatic rings. The van der Waals surface area contributed by atoms with Crippen LogP contribution in [0.25, 0.3) is 11.1 Å². The molecule has 2 fully saturated rings. The molecule has 0 spiro atoms. The highest BCUT2D eigenvalue weighted by molar-refractivity contribution is 6.32. The standard InChI is InChI=1S/C90H104Cl2N10O28/c1-6-7-8-9-10-14-27-123-51-22-17-44(18-23-51)38-94-39-66(108)102-90(5)37-67(125-43(4)80(90)113)129-79-77(112)76(111)64(40-103)128-88(79)130-78-62-32-49-33-63(78)127-61-26-21-48(31-55(61)92)75(110)73-86(119)99-71(87(120)121)53-34-50(104)35-59(106)68(53)52-29-46(19-24-58(52)105)69(83(116)101-73)98-84(117)70(49)97-82(115)57(36-65(93)107)95-85(118)72(74(109)47-20-25-60(126-62)54(91)30-47)100-81(114)56(28-42(2)3)96-89(122)124-41-45-15-12-11-13-16-45/h11-13,15-26,29-35,42-43,56-57,64,67,69-77,79-80,88,94,103-106,109-113H,6-10,14,27-28,36-41H2,1-5H3,(H2,93,107)(H,95,118)(H,96,122)(H,97,115)(H,98,117)(H,99,119)(H,100,114)(H,101,116)(H,102,108)(H,120,121)/t43-,56-,57-,64+,67-,69+,70+,71-,72+,73-,74+,75+,76+,77-,79?,80+,88?,90-/m0/s1. The molecule has 21 N–H and O–H groups in total. The number of phenols is 3. The normalized spacial score (nSPS) is 25.3. The molecule has 7 aromatic carbocycles. The number of unbranched alkanes of at least 4 members (excludes halogenated alkanes) is 5. The van der Waals surface area contributed by atoms with Gasteiger partial charge in [0, 0.05) is 35.7 Å². The van der Waals surface area contributed by atoms with E-state index in [4.69, 9.17) is 66.8 Å². The molecule has 0 saturated carbocycles. The van der Waals surface area contributed by atoms with Crippen molar-refractivity contribution < 1.29 is 137 Å². The second-order valence-electron chi connectivity index (χ2n) is 33.0. The van der Waals surface area contributed by atoms with E-state index >= 15 is 24.0 Å². The molecule has 7 heterocycles. The van der Waals surface area contributed by atoms with E-state index in [9.17, 15) is 75.0 Å². The van der Waals surface area contributed by atoms with E-state index in [-0.39, 0.29) is 43.2 Å². The van der Waals surface area contributed by atoms with Crippen molar-refractivity contribution in [3.05, 3.63) is 182 Å². The number of primary amides is 1. The number of hydrogen-bond acceptors (Lipinski definition) is 28. The van der Waals surface area contributed by atoms with Crippen LogP contribution in [0, 0.1) is 5.92 Å². The maximum atomic E-state index is 16.3. The number of aliphatic hydroxyl groups is 6. The quantitative estimate of drug-likeness (QED) is 0.0269. The molecular formula is C90H104Cl2N10O28. The van der Waals surface area contributed by atoms with Crippen LogP contribution in [0.4, 0.5) is 4.79 Å². The average Bonchev–Trinajstić information content (AvgIpc) is 0.756. The summed E-state index contributed by atoms with van der Waals surface area (Å²) in [5, 5.41) is 139. The molecule has 0 aromatic heterocycles. The summed E-state index contributed by atoms with van der Waals surface area (Å²) in [6.45, 7) is 7.83. The Morgan fingerprint density at radius 2 is 1.30 bits per heavy atom. The van der Waals surface area contributed by atoms with Gasteiger partial charge in [0.05, 0.1) is 47.9 Å². The Morgan fingerprint density at radius 1 is 0.662 bits per heavy atom. The van der Waals surface area contributed by atoms with Crippen LogP contribution in [0.1, 0.15) is 162 Å². The Labute approximate surface area is 755 Å². The zero-order chi connectivity index (χ0) is 93.7. The molecule has 7 aliphatic heterocycles. The van der Waals surface area contributed by atoms with Gasteiger partial charge in [-0.05, 0) is 133 Å². The number of rotatable bonds is 28. The number of nitrogens with one attached hydrogen (secondary N) is 9. The van der Waals surface area contributed by atoms with Crippen LogP contribution in [0.5, 0.6) is 51.7 Å². The monoisotopic (exact) mass is 1840 g/mol. The number of amides is 9. The van der Waals surface area contributed by atoms with E-state index in [2.05, 4.69) is 54.8 Å². The topological polar surface area (TPSA) is 581 Å². The summed E-state index contributed by atoms with van der Waals surface area (Å²) in [4.78, 5) is 147. The molecule has 0 radical (unpaired) electrons. The van der Waals surface area contributed by atoms with Crippen LogP contribution < -0.4 is 72.5 Å². The summed E-state index contributed by atoms with van der Waals surface area (Å²) in [6.07, 6.45) is -14.9. The Bertz CT molecular complexity index is 5310. The molecule has 18 atom stereocenters. The highest BCUT2D eigenvalue weighted by Gasteiger charge is 2.53. The minimum absolute atomic E-state index is 0.121. The minimum atomic E-state index is -2.44. The van der Waals surface area contributed by atoms with Crippen molar-refractivity contribution in [3.8, 4) is 62.9 Å². The van der Waals surface area contributed by atoms with E-state index in [0.29, 0.717) is 17.9 Å². The summed E-state index contributed by atoms with van der Waals surface area (Å²) >= 11 is 14.4. The number of hydrogen-bond donors (Lipinski definition) is 20. The lowest BCUT2D eigenvalue weighted by molar-refractivity contribution is -0.334. The maximum Gasteiger partial charge on any atom is 0.408 e. The number of alkyl carbamates (subject to hydrolysis) is 1. The van der Waals surface area contributed by atoms with Gasteiger partial charge >= 0.3 is 12.1 Å². The summed E-state index contributed by atoms with van der Waals surface area (Å²) in [5.41, 5.74) is 2.46. The number of carbonyl (C=O) groups excluding carboxylic acids is 9. The second-order valence-corrected chi connectivity index (χ2v) is 33.8. The molecule has 0 aliphatic carbocycles. The highest BCUT2D eigenvalue weighted by Crippen LogP contribution is 2.50. The van der Waals surface area contributed by atoms with Crippen molar-refractivity contribution in [3.63, 3.8) is 0 Å². The van der Waals surface area contributed by atoms with Gasteiger partial charge in [0.25, 0.3) is 0 Å². The van der Waals surface area contributed by atoms with Gasteiger partial charge in [-0.25, -0.2) is 9.59 Å². The average molecular weight is 1840 g/mol. The van der Waals surface area contributed by atoms with E-state index in [0.717, 1.165) is 110 Å². The van der Waals surface area contributed by atoms with Crippen LogP contribution in [0.2, 0.25) is 10.0 Å². The number of ether oxygens (including phenoxy) is 8. The van der Waals surface area contributed by atoms with Crippen LogP contribution in [-0.2, 0) is 75.2 Å². The molecule has 2 unspecified atom stereocenters. The number of aromatic hydroxyl groups is 3. The van der Waals surface area contributed by atoms with E-state index in [1.165, 1.54) is 26.7 Å². The van der Waals surface area contributed by atoms with Crippen LogP contribution in [-0.4, -0.2) is 209 Å². The van der Waals surface area contributed by atoms with Gasteiger partial charge < -0.3 is 143 Å². The number of carbonyl (C=O) groups is 10. The van der Waals surface area contributed by atoms with Gasteiger partial charge in [0.15, 0.2) is 29.9 Å². The van der Waals surface area contributed by atoms with Crippen molar-refractivity contribution in [2.45, 2.75) is 215 Å². The van der Waals surface area contributed by atoms with Crippen LogP contribution >= 0.6 is 23.2 Å². The van der Waals surface area contributed by atoms with Crippen LogP contribution in [0.3, 0.4) is 0 Å². The predicted molar refractivity (Wildman–Crippen MR) is 461 cm³/mol. The number of carboxylic acids is 1. The maximum absolute atomic E-state index is 16.3. The summed E-state index contributed by atoms with van der Waals surface area (Å²) in [7, 11) is 0. The fourth-order valence-corrected chi connectivity index (χ4v) is 16.3. The summed E-state index contributed by atoms with van der Waals surface area (Å²) < 4.78 is 50.7. The Kier molecular flexibility index (Phi) is 32.1. The number of nitrogens with two attached hydrogens (primary N) is 1. The molecule has 40 heteroatoms. The first kappa shape index (κ1) is 96.9. The smallest absolute Gasteiger partial charge is 0.408 e. The lowest BCUT2D eigenvalue weighted by atomic mass is 9.85. The van der Waals surface area contributed by atoms with Crippen molar-refractivity contribution in [2.24, 2.45) is 11.7 Å². The first-order chi connectivity index (χ1) is 62.0. The fourth-order valence-electron chi connectivity index (χ4n) is 15.8. The van der Waals surface area contributed by atoms with Gasteiger partial charge in [-0.1, -0.05) is 137 Å². The third kappa shape index (κ3) is 23.5.